The lowest BCUT2D eigenvalue weighted by Crippen LogP contribution is -2.30. The number of nitrogens with zero attached hydrogens (tertiary/aromatic N) is 3. The molecule has 0 aliphatic heterocycles. The molecule has 2 aromatic heterocycles. The highest BCUT2D eigenvalue weighted by atomic mass is 32.1. The van der Waals surface area contributed by atoms with Crippen molar-refractivity contribution in [3.05, 3.63) is 52.7 Å². The minimum atomic E-state index is -4.57. The maximum absolute atomic E-state index is 13.2. The second kappa shape index (κ2) is 7.49. The van der Waals surface area contributed by atoms with Crippen molar-refractivity contribution in [3.63, 3.8) is 0 Å². The minimum absolute atomic E-state index is 0.0524. The van der Waals surface area contributed by atoms with Gasteiger partial charge in [0.05, 0.1) is 22.6 Å². The predicted octanol–water partition coefficient (Wildman–Crippen LogP) is 5.21. The van der Waals surface area contributed by atoms with Gasteiger partial charge >= 0.3 is 6.18 Å². The Kier molecular flexibility index (Phi) is 5.26. The second-order valence-electron chi connectivity index (χ2n) is 6.72. The maximum atomic E-state index is 13.2. The number of hydrogen-bond acceptors (Lipinski definition) is 5. The molecular formula is C20H15F3N4S. The number of anilines is 1. The van der Waals surface area contributed by atoms with Crippen molar-refractivity contribution >= 4 is 27.4 Å². The summed E-state index contributed by atoms with van der Waals surface area (Å²) in [4.78, 5) is 9.30. The minimum Gasteiger partial charge on any atom is -0.364 e. The fourth-order valence-electron chi connectivity index (χ4n) is 2.57. The van der Waals surface area contributed by atoms with E-state index in [0.29, 0.717) is 12.2 Å². The van der Waals surface area contributed by atoms with Crippen LogP contribution < -0.4 is 5.32 Å². The summed E-state index contributed by atoms with van der Waals surface area (Å²) in [6.07, 6.45) is -2.81. The van der Waals surface area contributed by atoms with Gasteiger partial charge in [0.1, 0.15) is 17.0 Å². The highest BCUT2D eigenvalue weighted by molar-refractivity contribution is 7.16. The Bertz CT molecular complexity index is 1110. The highest BCUT2D eigenvalue weighted by Gasteiger charge is 2.33. The zero-order valence-corrected chi connectivity index (χ0v) is 15.9. The van der Waals surface area contributed by atoms with Gasteiger partial charge in [-0.1, -0.05) is 11.8 Å². The first-order valence-electron chi connectivity index (χ1n) is 8.26. The van der Waals surface area contributed by atoms with E-state index < -0.39 is 17.3 Å². The Morgan fingerprint density at radius 3 is 2.68 bits per heavy atom. The molecule has 142 valence electrons. The number of benzene rings is 1. The van der Waals surface area contributed by atoms with Crippen LogP contribution in [0.3, 0.4) is 0 Å². The van der Waals surface area contributed by atoms with Crippen molar-refractivity contribution in [2.75, 3.05) is 5.32 Å². The number of halogens is 3. The standard InChI is InChI=1S/C20H15F3N4S/c1-19(2,27-17-15-7-9-28-18(15)26-12-25-17)8-3-4-14-6-5-13(11-24)10-16(14)20(21,22)23/h5-7,9-10,12H,8H2,1-2H3,(H,25,26,27). The third kappa shape index (κ3) is 4.41. The molecule has 8 heteroatoms. The zero-order chi connectivity index (χ0) is 20.4. The van der Waals surface area contributed by atoms with Gasteiger partial charge in [-0.25, -0.2) is 9.97 Å². The Hall–Kier alpha value is -3.10. The average Bonchev–Trinajstić information content (AvgIpc) is 3.10. The third-order valence-electron chi connectivity index (χ3n) is 3.93. The van der Waals surface area contributed by atoms with Crippen molar-refractivity contribution in [1.29, 1.82) is 5.26 Å². The van der Waals surface area contributed by atoms with Crippen LogP contribution >= 0.6 is 11.3 Å². The Morgan fingerprint density at radius 1 is 1.18 bits per heavy atom. The smallest absolute Gasteiger partial charge is 0.364 e. The van der Waals surface area contributed by atoms with Crippen LogP contribution in [0.15, 0.2) is 36.0 Å². The quantitative estimate of drug-likeness (QED) is 0.613. The number of alkyl halides is 3. The third-order valence-corrected chi connectivity index (χ3v) is 4.75. The normalized spacial score (nSPS) is 11.6. The Labute approximate surface area is 164 Å². The van der Waals surface area contributed by atoms with E-state index in [1.807, 2.05) is 25.3 Å². The molecule has 1 aromatic carbocycles. The van der Waals surface area contributed by atoms with Gasteiger partial charge in [0.15, 0.2) is 0 Å². The Balaban J connectivity index is 1.82. The molecule has 0 fully saturated rings. The summed E-state index contributed by atoms with van der Waals surface area (Å²) in [7, 11) is 0. The molecule has 3 rings (SSSR count). The molecule has 0 unspecified atom stereocenters. The molecule has 0 aliphatic carbocycles. The lowest BCUT2D eigenvalue weighted by Gasteiger charge is -2.24. The van der Waals surface area contributed by atoms with E-state index in [4.69, 9.17) is 5.26 Å². The first-order chi connectivity index (χ1) is 13.2. The van der Waals surface area contributed by atoms with Gasteiger partial charge in [-0.2, -0.15) is 18.4 Å². The van der Waals surface area contributed by atoms with Gasteiger partial charge in [-0.15, -0.1) is 11.3 Å². The highest BCUT2D eigenvalue weighted by Crippen LogP contribution is 2.32. The number of rotatable bonds is 3. The molecule has 0 aliphatic rings. The van der Waals surface area contributed by atoms with Crippen molar-refractivity contribution in [1.82, 2.24) is 9.97 Å². The summed E-state index contributed by atoms with van der Waals surface area (Å²) in [5, 5.41) is 14.9. The summed E-state index contributed by atoms with van der Waals surface area (Å²) >= 11 is 1.50. The second-order valence-corrected chi connectivity index (χ2v) is 7.61. The van der Waals surface area contributed by atoms with Crippen molar-refractivity contribution in [2.45, 2.75) is 32.0 Å². The summed E-state index contributed by atoms with van der Waals surface area (Å²) in [6.45, 7) is 3.79. The lowest BCUT2D eigenvalue weighted by molar-refractivity contribution is -0.137. The first-order valence-corrected chi connectivity index (χ1v) is 9.14. The lowest BCUT2D eigenvalue weighted by atomic mass is 9.99. The van der Waals surface area contributed by atoms with E-state index in [-0.39, 0.29) is 11.1 Å². The molecule has 0 saturated heterocycles. The van der Waals surface area contributed by atoms with E-state index in [2.05, 4.69) is 27.1 Å². The summed E-state index contributed by atoms with van der Waals surface area (Å²) in [5.74, 6) is 6.07. The fourth-order valence-corrected chi connectivity index (χ4v) is 3.30. The van der Waals surface area contributed by atoms with E-state index in [0.717, 1.165) is 16.3 Å². The van der Waals surface area contributed by atoms with Crippen molar-refractivity contribution in [2.24, 2.45) is 0 Å². The van der Waals surface area contributed by atoms with Gasteiger partial charge < -0.3 is 5.32 Å². The summed E-state index contributed by atoms with van der Waals surface area (Å²) in [5.41, 5.74) is -1.63. The van der Waals surface area contributed by atoms with E-state index >= 15 is 0 Å². The van der Waals surface area contributed by atoms with Crippen LogP contribution in [-0.4, -0.2) is 15.5 Å². The first kappa shape index (κ1) is 19.7. The van der Waals surface area contributed by atoms with Crippen LogP contribution in [0, 0.1) is 23.2 Å². The van der Waals surface area contributed by atoms with Crippen LogP contribution in [0.2, 0.25) is 0 Å². The molecule has 2 heterocycles. The largest absolute Gasteiger partial charge is 0.417 e. The molecule has 0 atom stereocenters. The molecule has 1 N–H and O–H groups in total. The molecule has 0 bridgehead atoms. The van der Waals surface area contributed by atoms with Gasteiger partial charge in [-0.05, 0) is 43.5 Å². The molecular weight excluding hydrogens is 385 g/mol. The van der Waals surface area contributed by atoms with Crippen LogP contribution in [0.5, 0.6) is 0 Å². The summed E-state index contributed by atoms with van der Waals surface area (Å²) in [6, 6.07) is 7.01. The van der Waals surface area contributed by atoms with Crippen LogP contribution in [0.4, 0.5) is 19.0 Å². The number of nitrogens with one attached hydrogen (secondary N) is 1. The van der Waals surface area contributed by atoms with Crippen LogP contribution in [0.25, 0.3) is 10.2 Å². The number of thiophene rings is 1. The number of fused-ring (bicyclic) bond motifs is 1. The number of nitriles is 1. The molecule has 0 spiro atoms. The predicted molar refractivity (Wildman–Crippen MR) is 103 cm³/mol. The number of aromatic nitrogens is 2. The SMILES string of the molecule is CC(C)(CC#Cc1ccc(C#N)cc1C(F)(F)F)Nc1ncnc2sccc12. The van der Waals surface area contributed by atoms with Gasteiger partial charge in [0, 0.05) is 17.5 Å². The van der Waals surface area contributed by atoms with Crippen molar-refractivity contribution < 1.29 is 13.2 Å². The maximum Gasteiger partial charge on any atom is 0.417 e. The molecule has 0 amide bonds. The molecule has 4 nitrogen and oxygen atoms in total. The average molecular weight is 400 g/mol. The van der Waals surface area contributed by atoms with E-state index in [9.17, 15) is 13.2 Å². The monoisotopic (exact) mass is 400 g/mol. The molecule has 3 aromatic rings. The molecule has 28 heavy (non-hydrogen) atoms. The summed E-state index contributed by atoms with van der Waals surface area (Å²) < 4.78 is 39.7. The van der Waals surface area contributed by atoms with Gasteiger partial charge in [0.2, 0.25) is 0 Å². The Morgan fingerprint density at radius 2 is 1.96 bits per heavy atom. The van der Waals surface area contributed by atoms with Gasteiger partial charge in [-0.3, -0.25) is 0 Å². The zero-order valence-electron chi connectivity index (χ0n) is 15.1. The topological polar surface area (TPSA) is 61.6 Å². The fraction of sp³-hybridized carbons (Fsp3) is 0.250. The van der Waals surface area contributed by atoms with Crippen molar-refractivity contribution in [3.8, 4) is 17.9 Å². The van der Waals surface area contributed by atoms with E-state index in [1.165, 1.54) is 29.8 Å². The van der Waals surface area contributed by atoms with E-state index in [1.54, 1.807) is 6.07 Å². The molecule has 0 radical (unpaired) electrons. The molecule has 0 saturated carbocycles. The van der Waals surface area contributed by atoms with Crippen LogP contribution in [-0.2, 0) is 6.18 Å². The van der Waals surface area contributed by atoms with Crippen LogP contribution in [0.1, 0.15) is 37.0 Å². The van der Waals surface area contributed by atoms with Gasteiger partial charge in [0.25, 0.3) is 0 Å². The number of hydrogen-bond donors (Lipinski definition) is 1.